The SMILES string of the molecule is COC(C)(C)CNc1c(C#N)cnc2c(N[C@@H](c3ccccc3)c3cn(C4CCN(C(C)(C)C)CC4)nn3)cc(Cl)cc12. The average Bonchev–Trinajstić information content (AvgIpc) is 3.48. The Bertz CT molecular complexity index is 1600. The van der Waals surface area contributed by atoms with Crippen LogP contribution in [-0.2, 0) is 4.74 Å². The number of likely N-dealkylation sites (tertiary alicyclic amines) is 1. The van der Waals surface area contributed by atoms with Crippen molar-refractivity contribution in [3.63, 3.8) is 0 Å². The van der Waals surface area contributed by atoms with E-state index in [-0.39, 0.29) is 11.6 Å². The van der Waals surface area contributed by atoms with Crippen molar-refractivity contribution in [3.05, 3.63) is 76.7 Å². The number of benzene rings is 2. The van der Waals surface area contributed by atoms with Gasteiger partial charge in [-0.1, -0.05) is 47.1 Å². The molecule has 43 heavy (non-hydrogen) atoms. The molecule has 5 rings (SSSR count). The minimum Gasteiger partial charge on any atom is -0.380 e. The van der Waals surface area contributed by atoms with Crippen molar-refractivity contribution in [1.29, 1.82) is 5.26 Å². The number of hydrogen-bond donors (Lipinski definition) is 2. The lowest BCUT2D eigenvalue weighted by molar-refractivity contribution is 0.0344. The highest BCUT2D eigenvalue weighted by Crippen LogP contribution is 2.37. The van der Waals surface area contributed by atoms with Crippen LogP contribution in [0, 0.1) is 11.3 Å². The van der Waals surface area contributed by atoms with Crippen LogP contribution < -0.4 is 10.6 Å². The first-order chi connectivity index (χ1) is 20.5. The van der Waals surface area contributed by atoms with Gasteiger partial charge in [0, 0.05) is 48.9 Å². The van der Waals surface area contributed by atoms with Crippen molar-refractivity contribution < 1.29 is 4.74 Å². The number of anilines is 2. The van der Waals surface area contributed by atoms with Crippen molar-refractivity contribution in [1.82, 2.24) is 24.9 Å². The van der Waals surface area contributed by atoms with E-state index in [9.17, 15) is 5.26 Å². The molecule has 226 valence electrons. The largest absolute Gasteiger partial charge is 0.380 e. The average molecular weight is 601 g/mol. The van der Waals surface area contributed by atoms with Gasteiger partial charge in [0.05, 0.1) is 46.3 Å². The van der Waals surface area contributed by atoms with Crippen LogP contribution >= 0.6 is 11.6 Å². The molecule has 0 unspecified atom stereocenters. The van der Waals surface area contributed by atoms with E-state index in [1.165, 1.54) is 0 Å². The number of hydrogen-bond acceptors (Lipinski definition) is 8. The maximum Gasteiger partial charge on any atom is 0.109 e. The standard InChI is InChI=1S/C33H41ClN8O/c1-32(2,3)41-14-12-25(13-15-41)42-20-28(39-40-42)30(22-10-8-7-9-11-22)38-27-17-24(34)16-26-29(37-21-33(4,5)43-6)23(18-35)19-36-31(26)27/h7-11,16-17,19-20,25,30,38H,12-15,21H2,1-6H3,(H,36,37)/t30-/m0/s1. The third-order valence-corrected chi connectivity index (χ3v) is 8.56. The van der Waals surface area contributed by atoms with E-state index in [0.29, 0.717) is 34.4 Å². The van der Waals surface area contributed by atoms with Gasteiger partial charge in [-0.25, -0.2) is 4.68 Å². The van der Waals surface area contributed by atoms with E-state index in [4.69, 9.17) is 21.3 Å². The Kier molecular flexibility index (Phi) is 8.93. The van der Waals surface area contributed by atoms with E-state index in [0.717, 1.165) is 48.3 Å². The summed E-state index contributed by atoms with van der Waals surface area (Å²) in [4.78, 5) is 7.24. The van der Waals surface area contributed by atoms with Gasteiger partial charge >= 0.3 is 0 Å². The first-order valence-electron chi connectivity index (χ1n) is 14.8. The van der Waals surface area contributed by atoms with Gasteiger partial charge in [0.2, 0.25) is 0 Å². The summed E-state index contributed by atoms with van der Waals surface area (Å²) in [5.74, 6) is 0. The Morgan fingerprint density at radius 3 is 2.49 bits per heavy atom. The third kappa shape index (κ3) is 6.93. The van der Waals surface area contributed by atoms with Crippen LogP contribution in [-0.4, -0.2) is 62.8 Å². The predicted molar refractivity (Wildman–Crippen MR) is 173 cm³/mol. The number of ether oxygens (including phenoxy) is 1. The molecule has 2 aromatic heterocycles. The Balaban J connectivity index is 1.50. The zero-order valence-electron chi connectivity index (χ0n) is 25.9. The van der Waals surface area contributed by atoms with Crippen molar-refractivity contribution in [2.24, 2.45) is 0 Å². The summed E-state index contributed by atoms with van der Waals surface area (Å²) in [6.45, 7) is 13.3. The molecule has 1 aliphatic rings. The molecule has 0 radical (unpaired) electrons. The lowest BCUT2D eigenvalue weighted by atomic mass is 9.98. The summed E-state index contributed by atoms with van der Waals surface area (Å²) in [5.41, 5.74) is 4.13. The number of halogens is 1. The number of aromatic nitrogens is 4. The van der Waals surface area contributed by atoms with Crippen LogP contribution in [0.5, 0.6) is 0 Å². The van der Waals surface area contributed by atoms with E-state index >= 15 is 0 Å². The number of pyridine rings is 1. The maximum atomic E-state index is 9.88. The van der Waals surface area contributed by atoms with Crippen LogP contribution in [0.15, 0.2) is 54.9 Å². The minimum atomic E-state index is -0.435. The van der Waals surface area contributed by atoms with Gasteiger partial charge in [0.25, 0.3) is 0 Å². The molecule has 2 N–H and O–H groups in total. The number of nitrogens with zero attached hydrogens (tertiary/aromatic N) is 6. The topological polar surface area (TPSA) is 104 Å². The molecule has 0 amide bonds. The lowest BCUT2D eigenvalue weighted by Gasteiger charge is -2.40. The molecule has 0 aliphatic carbocycles. The summed E-state index contributed by atoms with van der Waals surface area (Å²) in [7, 11) is 1.67. The molecule has 4 aromatic rings. The van der Waals surface area contributed by atoms with Gasteiger partial charge in [-0.2, -0.15) is 5.26 Å². The molecule has 1 fully saturated rings. The monoisotopic (exact) mass is 600 g/mol. The molecule has 1 atom stereocenters. The number of methoxy groups -OCH3 is 1. The molecule has 0 spiro atoms. The van der Waals surface area contributed by atoms with Gasteiger partial charge in [0.15, 0.2) is 0 Å². The fourth-order valence-corrected chi connectivity index (χ4v) is 5.78. The molecule has 10 heteroatoms. The number of fused-ring (bicyclic) bond motifs is 1. The summed E-state index contributed by atoms with van der Waals surface area (Å²) >= 11 is 6.69. The van der Waals surface area contributed by atoms with Gasteiger partial charge in [-0.05, 0) is 65.2 Å². The van der Waals surface area contributed by atoms with Crippen LogP contribution in [0.3, 0.4) is 0 Å². The molecular formula is C33H41ClN8O. The summed E-state index contributed by atoms with van der Waals surface area (Å²) in [5, 5.41) is 27.5. The normalized spacial score (nSPS) is 15.8. The maximum absolute atomic E-state index is 9.88. The molecule has 9 nitrogen and oxygen atoms in total. The van der Waals surface area contributed by atoms with Crippen LogP contribution in [0.25, 0.3) is 10.9 Å². The molecule has 1 saturated heterocycles. The zero-order valence-corrected chi connectivity index (χ0v) is 26.6. The van der Waals surface area contributed by atoms with Crippen molar-refractivity contribution >= 4 is 33.9 Å². The highest BCUT2D eigenvalue weighted by molar-refractivity contribution is 6.32. The van der Waals surface area contributed by atoms with Crippen LogP contribution in [0.4, 0.5) is 11.4 Å². The first kappa shape index (κ1) is 30.7. The first-order valence-corrected chi connectivity index (χ1v) is 15.2. The van der Waals surface area contributed by atoms with E-state index in [2.05, 4.69) is 71.0 Å². The lowest BCUT2D eigenvalue weighted by Crippen LogP contribution is -2.46. The summed E-state index contributed by atoms with van der Waals surface area (Å²) < 4.78 is 7.62. The second-order valence-corrected chi connectivity index (χ2v) is 13.3. The number of rotatable bonds is 9. The number of nitriles is 1. The smallest absolute Gasteiger partial charge is 0.109 e. The third-order valence-electron chi connectivity index (χ3n) is 8.34. The van der Waals surface area contributed by atoms with Gasteiger partial charge in [-0.3, -0.25) is 9.88 Å². The van der Waals surface area contributed by atoms with Crippen LogP contribution in [0.2, 0.25) is 5.02 Å². The molecule has 0 bridgehead atoms. The van der Waals surface area contributed by atoms with Crippen molar-refractivity contribution in [2.75, 3.05) is 37.4 Å². The fraction of sp³-hybridized carbons (Fsp3) is 0.455. The highest BCUT2D eigenvalue weighted by Gasteiger charge is 2.29. The molecule has 3 heterocycles. The van der Waals surface area contributed by atoms with E-state index < -0.39 is 5.60 Å². The number of nitrogens with one attached hydrogen (secondary N) is 2. The Morgan fingerprint density at radius 2 is 1.84 bits per heavy atom. The Morgan fingerprint density at radius 1 is 1.12 bits per heavy atom. The molecule has 0 saturated carbocycles. The fourth-order valence-electron chi connectivity index (χ4n) is 5.56. The van der Waals surface area contributed by atoms with Gasteiger partial charge in [0.1, 0.15) is 11.8 Å². The van der Waals surface area contributed by atoms with Gasteiger partial charge in [-0.15, -0.1) is 5.10 Å². The Labute approximate surface area is 259 Å². The summed E-state index contributed by atoms with van der Waals surface area (Å²) in [6.07, 6.45) is 5.73. The van der Waals surface area contributed by atoms with E-state index in [1.54, 1.807) is 13.3 Å². The quantitative estimate of drug-likeness (QED) is 0.215. The molecule has 1 aliphatic heterocycles. The predicted octanol–water partition coefficient (Wildman–Crippen LogP) is 6.83. The number of piperidine rings is 1. The van der Waals surface area contributed by atoms with E-state index in [1.807, 2.05) is 48.9 Å². The van der Waals surface area contributed by atoms with Gasteiger partial charge < -0.3 is 15.4 Å². The minimum absolute atomic E-state index is 0.165. The zero-order chi connectivity index (χ0) is 30.8. The second kappa shape index (κ2) is 12.5. The van der Waals surface area contributed by atoms with Crippen molar-refractivity contribution in [3.8, 4) is 6.07 Å². The second-order valence-electron chi connectivity index (χ2n) is 12.8. The molecule has 2 aromatic carbocycles. The molecular weight excluding hydrogens is 560 g/mol. The Hall–Kier alpha value is -3.71. The summed E-state index contributed by atoms with van der Waals surface area (Å²) in [6, 6.07) is 16.2. The van der Waals surface area contributed by atoms with Crippen LogP contribution in [0.1, 0.15) is 76.4 Å². The van der Waals surface area contributed by atoms with Crippen molar-refractivity contribution in [2.45, 2.75) is 70.7 Å². The highest BCUT2D eigenvalue weighted by atomic mass is 35.5.